The summed E-state index contributed by atoms with van der Waals surface area (Å²) in [6, 6.07) is 3.70. The lowest BCUT2D eigenvalue weighted by atomic mass is 10.1. The van der Waals surface area contributed by atoms with Crippen molar-refractivity contribution in [2.75, 3.05) is 19.8 Å². The SMILES string of the molecule is CCOCCCOc1c(C)cc(Br)cc1C=O. The van der Waals surface area contributed by atoms with Gasteiger partial charge in [-0.1, -0.05) is 15.9 Å². The molecule has 0 atom stereocenters. The van der Waals surface area contributed by atoms with Crippen LogP contribution >= 0.6 is 15.9 Å². The lowest BCUT2D eigenvalue weighted by molar-refractivity contribution is 0.111. The average Bonchev–Trinajstić information content (AvgIpc) is 2.30. The Balaban J connectivity index is 2.60. The molecule has 0 saturated heterocycles. The van der Waals surface area contributed by atoms with E-state index in [1.807, 2.05) is 19.9 Å². The van der Waals surface area contributed by atoms with Gasteiger partial charge in [0.05, 0.1) is 12.2 Å². The van der Waals surface area contributed by atoms with Crippen molar-refractivity contribution in [3.8, 4) is 5.75 Å². The normalized spacial score (nSPS) is 10.3. The Kier molecular flexibility index (Phi) is 6.22. The first-order valence-electron chi connectivity index (χ1n) is 5.65. The molecule has 4 heteroatoms. The van der Waals surface area contributed by atoms with Gasteiger partial charge in [-0.3, -0.25) is 4.79 Å². The maximum Gasteiger partial charge on any atom is 0.153 e. The van der Waals surface area contributed by atoms with E-state index >= 15 is 0 Å². The second-order valence-corrected chi connectivity index (χ2v) is 4.57. The second-order valence-electron chi connectivity index (χ2n) is 3.66. The number of hydrogen-bond donors (Lipinski definition) is 0. The summed E-state index contributed by atoms with van der Waals surface area (Å²) in [6.07, 6.45) is 1.64. The molecule has 17 heavy (non-hydrogen) atoms. The predicted molar refractivity (Wildman–Crippen MR) is 70.9 cm³/mol. The van der Waals surface area contributed by atoms with Gasteiger partial charge in [0.15, 0.2) is 6.29 Å². The number of carbonyl (C=O) groups is 1. The first-order valence-corrected chi connectivity index (χ1v) is 6.44. The standard InChI is InChI=1S/C13H17BrO3/c1-3-16-5-4-6-17-13-10(2)7-12(14)8-11(13)9-15/h7-9H,3-6H2,1-2H3. The number of aldehydes is 1. The molecule has 1 aromatic carbocycles. The second kappa shape index (κ2) is 7.45. The van der Waals surface area contributed by atoms with E-state index in [9.17, 15) is 4.79 Å². The molecule has 0 radical (unpaired) electrons. The summed E-state index contributed by atoms with van der Waals surface area (Å²) in [6.45, 7) is 5.85. The molecular weight excluding hydrogens is 284 g/mol. The van der Waals surface area contributed by atoms with Gasteiger partial charge in [-0.25, -0.2) is 0 Å². The third kappa shape index (κ3) is 4.48. The van der Waals surface area contributed by atoms with E-state index in [0.717, 1.165) is 29.4 Å². The molecule has 0 aromatic heterocycles. The number of benzene rings is 1. The van der Waals surface area contributed by atoms with Gasteiger partial charge in [-0.15, -0.1) is 0 Å². The monoisotopic (exact) mass is 300 g/mol. The highest BCUT2D eigenvalue weighted by Gasteiger charge is 2.08. The van der Waals surface area contributed by atoms with E-state index < -0.39 is 0 Å². The minimum Gasteiger partial charge on any atom is -0.492 e. The van der Waals surface area contributed by atoms with Crippen LogP contribution in [0.2, 0.25) is 0 Å². The third-order valence-electron chi connectivity index (χ3n) is 2.28. The van der Waals surface area contributed by atoms with Gasteiger partial charge in [0.25, 0.3) is 0 Å². The third-order valence-corrected chi connectivity index (χ3v) is 2.74. The smallest absolute Gasteiger partial charge is 0.153 e. The molecule has 0 fully saturated rings. The van der Waals surface area contributed by atoms with Gasteiger partial charge in [-0.05, 0) is 31.5 Å². The molecule has 0 heterocycles. The molecule has 0 amide bonds. The summed E-state index contributed by atoms with van der Waals surface area (Å²) >= 11 is 3.36. The summed E-state index contributed by atoms with van der Waals surface area (Å²) in [5, 5.41) is 0. The molecule has 0 aliphatic heterocycles. The van der Waals surface area contributed by atoms with Crippen molar-refractivity contribution in [2.45, 2.75) is 20.3 Å². The molecule has 0 N–H and O–H groups in total. The van der Waals surface area contributed by atoms with Crippen LogP contribution in [0.25, 0.3) is 0 Å². The van der Waals surface area contributed by atoms with E-state index in [4.69, 9.17) is 9.47 Å². The van der Waals surface area contributed by atoms with Crippen LogP contribution < -0.4 is 4.74 Å². The van der Waals surface area contributed by atoms with Crippen molar-refractivity contribution >= 4 is 22.2 Å². The maximum atomic E-state index is 10.9. The fourth-order valence-corrected chi connectivity index (χ4v) is 2.11. The molecule has 0 aliphatic rings. The summed E-state index contributed by atoms with van der Waals surface area (Å²) in [7, 11) is 0. The lowest BCUT2D eigenvalue weighted by Crippen LogP contribution is -2.05. The molecule has 0 spiro atoms. The zero-order valence-electron chi connectivity index (χ0n) is 10.2. The Morgan fingerprint density at radius 2 is 2.12 bits per heavy atom. The molecular formula is C13H17BrO3. The van der Waals surface area contributed by atoms with Crippen molar-refractivity contribution in [1.82, 2.24) is 0 Å². The first-order chi connectivity index (χ1) is 8.19. The van der Waals surface area contributed by atoms with E-state index in [0.29, 0.717) is 24.5 Å². The highest BCUT2D eigenvalue weighted by molar-refractivity contribution is 9.10. The molecule has 1 rings (SSSR count). The zero-order chi connectivity index (χ0) is 12.7. The molecule has 0 bridgehead atoms. The Bertz CT molecular complexity index is 377. The fourth-order valence-electron chi connectivity index (χ4n) is 1.52. The molecule has 0 unspecified atom stereocenters. The van der Waals surface area contributed by atoms with Crippen LogP contribution in [-0.2, 0) is 4.74 Å². The number of carbonyl (C=O) groups excluding carboxylic acids is 1. The highest BCUT2D eigenvalue weighted by Crippen LogP contribution is 2.26. The summed E-state index contributed by atoms with van der Waals surface area (Å²) in [5.74, 6) is 0.666. The quantitative estimate of drug-likeness (QED) is 0.572. The number of halogens is 1. The number of rotatable bonds is 7. The van der Waals surface area contributed by atoms with Gasteiger partial charge in [0, 0.05) is 24.1 Å². The highest BCUT2D eigenvalue weighted by atomic mass is 79.9. The van der Waals surface area contributed by atoms with Crippen LogP contribution in [0.15, 0.2) is 16.6 Å². The summed E-state index contributed by atoms with van der Waals surface area (Å²) < 4.78 is 11.7. The number of hydrogen-bond acceptors (Lipinski definition) is 3. The van der Waals surface area contributed by atoms with Crippen LogP contribution in [0, 0.1) is 6.92 Å². The van der Waals surface area contributed by atoms with Crippen molar-refractivity contribution in [1.29, 1.82) is 0 Å². The Morgan fingerprint density at radius 1 is 1.35 bits per heavy atom. The predicted octanol–water partition coefficient (Wildman–Crippen LogP) is 3.38. The Morgan fingerprint density at radius 3 is 2.76 bits per heavy atom. The van der Waals surface area contributed by atoms with Crippen LogP contribution in [0.3, 0.4) is 0 Å². The summed E-state index contributed by atoms with van der Waals surface area (Å²) in [4.78, 5) is 10.9. The summed E-state index contributed by atoms with van der Waals surface area (Å²) in [5.41, 5.74) is 1.53. The van der Waals surface area contributed by atoms with Crippen LogP contribution in [0.4, 0.5) is 0 Å². The maximum absolute atomic E-state index is 10.9. The van der Waals surface area contributed by atoms with Gasteiger partial charge in [-0.2, -0.15) is 0 Å². The Labute approximate surface area is 110 Å². The van der Waals surface area contributed by atoms with E-state index in [1.54, 1.807) is 6.07 Å². The largest absolute Gasteiger partial charge is 0.492 e. The Hall–Kier alpha value is -0.870. The van der Waals surface area contributed by atoms with Crippen molar-refractivity contribution in [2.24, 2.45) is 0 Å². The molecule has 94 valence electrons. The van der Waals surface area contributed by atoms with Crippen LogP contribution in [0.1, 0.15) is 29.3 Å². The van der Waals surface area contributed by atoms with Crippen LogP contribution in [0.5, 0.6) is 5.75 Å². The zero-order valence-corrected chi connectivity index (χ0v) is 11.7. The number of aryl methyl sites for hydroxylation is 1. The van der Waals surface area contributed by atoms with Gasteiger partial charge < -0.3 is 9.47 Å². The minimum atomic E-state index is 0.559. The molecule has 0 aliphatic carbocycles. The molecule has 0 saturated carbocycles. The van der Waals surface area contributed by atoms with E-state index in [-0.39, 0.29) is 0 Å². The van der Waals surface area contributed by atoms with Crippen molar-refractivity contribution in [3.05, 3.63) is 27.7 Å². The van der Waals surface area contributed by atoms with Gasteiger partial charge in [0.1, 0.15) is 5.75 Å². The lowest BCUT2D eigenvalue weighted by Gasteiger charge is -2.11. The van der Waals surface area contributed by atoms with Crippen molar-refractivity contribution in [3.63, 3.8) is 0 Å². The van der Waals surface area contributed by atoms with E-state index in [2.05, 4.69) is 15.9 Å². The molecule has 3 nitrogen and oxygen atoms in total. The van der Waals surface area contributed by atoms with E-state index in [1.165, 1.54) is 0 Å². The molecule has 1 aromatic rings. The van der Waals surface area contributed by atoms with Gasteiger partial charge >= 0.3 is 0 Å². The van der Waals surface area contributed by atoms with Gasteiger partial charge in [0.2, 0.25) is 0 Å². The topological polar surface area (TPSA) is 35.5 Å². The fraction of sp³-hybridized carbons (Fsp3) is 0.462. The van der Waals surface area contributed by atoms with Crippen molar-refractivity contribution < 1.29 is 14.3 Å². The average molecular weight is 301 g/mol. The minimum absolute atomic E-state index is 0.559. The van der Waals surface area contributed by atoms with Crippen LogP contribution in [-0.4, -0.2) is 26.1 Å². The number of ether oxygens (including phenoxy) is 2. The first kappa shape index (κ1) is 14.2.